The van der Waals surface area contributed by atoms with Crippen LogP contribution in [0.3, 0.4) is 0 Å². The molecule has 2 heterocycles. The quantitative estimate of drug-likeness (QED) is 0.498. The van der Waals surface area contributed by atoms with Crippen molar-refractivity contribution in [3.8, 4) is 22.6 Å². The van der Waals surface area contributed by atoms with Gasteiger partial charge in [-0.05, 0) is 82.6 Å². The minimum atomic E-state index is -0.134. The molecule has 3 aliphatic rings. The van der Waals surface area contributed by atoms with E-state index < -0.39 is 0 Å². The molecule has 7 heteroatoms. The number of urea groups is 1. The maximum absolute atomic E-state index is 12.4. The average molecular weight is 487 g/mol. The predicted molar refractivity (Wildman–Crippen MR) is 141 cm³/mol. The summed E-state index contributed by atoms with van der Waals surface area (Å²) < 4.78 is 14.3. The van der Waals surface area contributed by atoms with E-state index in [1.807, 2.05) is 26.0 Å². The van der Waals surface area contributed by atoms with Crippen LogP contribution in [0.1, 0.15) is 63.5 Å². The number of nitrogens with one attached hydrogen (secondary N) is 2. The zero-order valence-corrected chi connectivity index (χ0v) is 21.0. The van der Waals surface area contributed by atoms with Crippen LogP contribution < -0.4 is 21.2 Å². The van der Waals surface area contributed by atoms with Crippen molar-refractivity contribution in [3.05, 3.63) is 46.6 Å². The van der Waals surface area contributed by atoms with Crippen LogP contribution in [0.4, 0.5) is 10.5 Å². The van der Waals surface area contributed by atoms with Gasteiger partial charge in [0, 0.05) is 40.5 Å². The van der Waals surface area contributed by atoms with Gasteiger partial charge in [0.2, 0.25) is 0 Å². The Morgan fingerprint density at radius 1 is 1.17 bits per heavy atom. The van der Waals surface area contributed by atoms with Crippen molar-refractivity contribution in [1.29, 1.82) is 0 Å². The minimum absolute atomic E-state index is 0.0773. The van der Waals surface area contributed by atoms with Gasteiger partial charge >= 0.3 is 6.03 Å². The molecule has 0 aliphatic heterocycles. The zero-order valence-electron chi connectivity index (χ0n) is 21.0. The monoisotopic (exact) mass is 486 g/mol. The predicted octanol–water partition coefficient (Wildman–Crippen LogP) is 4.89. The number of hydrogen-bond donors (Lipinski definition) is 2. The lowest BCUT2D eigenvalue weighted by Gasteiger charge is -2.30. The molecule has 188 valence electrons. The Bertz CT molecular complexity index is 1380. The molecule has 2 aromatic heterocycles. The number of aromatic nitrogens is 2. The highest BCUT2D eigenvalue weighted by Gasteiger charge is 2.30. The van der Waals surface area contributed by atoms with E-state index in [-0.39, 0.29) is 12.1 Å². The van der Waals surface area contributed by atoms with Crippen LogP contribution in [-0.2, 0) is 4.74 Å². The molecule has 6 rings (SSSR count). The molecule has 36 heavy (non-hydrogen) atoms. The van der Waals surface area contributed by atoms with E-state index >= 15 is 0 Å². The third-order valence-corrected chi connectivity index (χ3v) is 7.83. The van der Waals surface area contributed by atoms with E-state index in [1.165, 1.54) is 23.4 Å². The van der Waals surface area contributed by atoms with E-state index in [0.29, 0.717) is 18.7 Å². The lowest BCUT2D eigenvalue weighted by molar-refractivity contribution is 0.110. The summed E-state index contributed by atoms with van der Waals surface area (Å²) in [5.74, 6) is 0.820. The van der Waals surface area contributed by atoms with Crippen LogP contribution in [0.25, 0.3) is 34.7 Å². The molecule has 7 nitrogen and oxygen atoms in total. The molecule has 2 saturated carbocycles. The molecule has 0 spiro atoms. The summed E-state index contributed by atoms with van der Waals surface area (Å²) in [5, 5.41) is 12.6. The smallest absolute Gasteiger partial charge is 0.319 e. The second kappa shape index (κ2) is 9.62. The Labute approximate surface area is 211 Å². The lowest BCUT2D eigenvalue weighted by Crippen LogP contribution is -2.41. The molecule has 2 amide bonds. The third-order valence-electron chi connectivity index (χ3n) is 7.83. The largest absolute Gasteiger partial charge is 0.374 e. The fourth-order valence-electron chi connectivity index (χ4n) is 5.50. The molecular formula is C29H34N4O3. The molecule has 3 aliphatic carbocycles. The number of amides is 2. The number of benzene rings is 1. The van der Waals surface area contributed by atoms with Crippen molar-refractivity contribution >= 4 is 23.9 Å². The van der Waals surface area contributed by atoms with Crippen LogP contribution >= 0.6 is 0 Å². The second-order valence-electron chi connectivity index (χ2n) is 10.2. The first kappa shape index (κ1) is 23.1. The van der Waals surface area contributed by atoms with E-state index in [4.69, 9.17) is 9.26 Å². The SMILES string of the molecule is CCOC1C=c2c(c(-c3oncc3C)c(-c3ccc(NC(=O)NC4CCC4)cc3)n2C2CCC2)=CC1. The number of anilines is 1. The first-order valence-corrected chi connectivity index (χ1v) is 13.3. The van der Waals surface area contributed by atoms with Gasteiger partial charge in [-0.2, -0.15) is 0 Å². The van der Waals surface area contributed by atoms with Gasteiger partial charge in [-0.1, -0.05) is 23.4 Å². The molecule has 1 atom stereocenters. The molecule has 0 bridgehead atoms. The lowest BCUT2D eigenvalue weighted by atomic mass is 9.92. The Kier molecular flexibility index (Phi) is 6.17. The fourth-order valence-corrected chi connectivity index (χ4v) is 5.50. The van der Waals surface area contributed by atoms with Gasteiger partial charge < -0.3 is 24.5 Å². The van der Waals surface area contributed by atoms with E-state index in [2.05, 4.69) is 44.6 Å². The number of carbonyl (C=O) groups is 1. The van der Waals surface area contributed by atoms with Crippen LogP contribution in [0.5, 0.6) is 0 Å². The molecule has 3 aromatic rings. The molecule has 0 saturated heterocycles. The van der Waals surface area contributed by atoms with Crippen molar-refractivity contribution in [2.24, 2.45) is 0 Å². The number of rotatable bonds is 7. The zero-order chi connectivity index (χ0) is 24.6. The Hall–Kier alpha value is -3.32. The summed E-state index contributed by atoms with van der Waals surface area (Å²) in [7, 11) is 0. The molecule has 0 radical (unpaired) electrons. The van der Waals surface area contributed by atoms with Crippen molar-refractivity contribution in [3.63, 3.8) is 0 Å². The Morgan fingerprint density at radius 2 is 1.94 bits per heavy atom. The Balaban J connectivity index is 1.45. The van der Waals surface area contributed by atoms with Crippen LogP contribution in [-0.4, -0.2) is 34.5 Å². The summed E-state index contributed by atoms with van der Waals surface area (Å²) in [4.78, 5) is 12.4. The van der Waals surface area contributed by atoms with E-state index in [0.717, 1.165) is 65.9 Å². The molecule has 2 N–H and O–H groups in total. The van der Waals surface area contributed by atoms with E-state index in [1.54, 1.807) is 6.20 Å². The van der Waals surface area contributed by atoms with Gasteiger partial charge in [0.15, 0.2) is 5.76 Å². The van der Waals surface area contributed by atoms with Crippen molar-refractivity contribution < 1.29 is 14.1 Å². The molecular weight excluding hydrogens is 452 g/mol. The van der Waals surface area contributed by atoms with Gasteiger partial charge in [0.05, 0.1) is 23.6 Å². The maximum atomic E-state index is 12.4. The molecule has 1 aromatic carbocycles. The first-order chi connectivity index (χ1) is 17.6. The summed E-state index contributed by atoms with van der Waals surface area (Å²) >= 11 is 0. The second-order valence-corrected chi connectivity index (χ2v) is 10.2. The van der Waals surface area contributed by atoms with Crippen LogP contribution in [0.15, 0.2) is 35.0 Å². The summed E-state index contributed by atoms with van der Waals surface area (Å²) in [6.07, 6.45) is 14.2. The minimum Gasteiger partial charge on any atom is -0.374 e. The number of nitrogens with zero attached hydrogens (tertiary/aromatic N) is 2. The number of carbonyl (C=O) groups excluding carboxylic acids is 1. The maximum Gasteiger partial charge on any atom is 0.319 e. The van der Waals surface area contributed by atoms with Gasteiger partial charge in [0.25, 0.3) is 0 Å². The van der Waals surface area contributed by atoms with Crippen molar-refractivity contribution in [2.75, 3.05) is 11.9 Å². The normalized spacial score (nSPS) is 19.4. The Morgan fingerprint density at radius 3 is 2.56 bits per heavy atom. The molecule has 2 fully saturated rings. The fraction of sp³-hybridized carbons (Fsp3) is 0.448. The number of aryl methyl sites for hydroxylation is 1. The summed E-state index contributed by atoms with van der Waals surface area (Å²) in [5.41, 5.74) is 5.16. The molecule has 1 unspecified atom stereocenters. The van der Waals surface area contributed by atoms with E-state index in [9.17, 15) is 4.79 Å². The third kappa shape index (κ3) is 4.15. The van der Waals surface area contributed by atoms with Crippen molar-refractivity contribution in [1.82, 2.24) is 15.0 Å². The number of fused-ring (bicyclic) bond motifs is 1. The highest BCUT2D eigenvalue weighted by Crippen LogP contribution is 2.39. The van der Waals surface area contributed by atoms with Gasteiger partial charge in [-0.3, -0.25) is 0 Å². The number of ether oxygens (including phenoxy) is 1. The van der Waals surface area contributed by atoms with Gasteiger partial charge in [-0.25, -0.2) is 4.79 Å². The average Bonchev–Trinajstić information content (AvgIpc) is 3.37. The summed E-state index contributed by atoms with van der Waals surface area (Å²) in [6.45, 7) is 4.79. The van der Waals surface area contributed by atoms with Gasteiger partial charge in [-0.15, -0.1) is 0 Å². The van der Waals surface area contributed by atoms with Crippen LogP contribution in [0, 0.1) is 6.92 Å². The summed E-state index contributed by atoms with van der Waals surface area (Å²) in [6, 6.07) is 8.79. The standard InChI is InChI=1S/C29H34N4O3/c1-3-35-23-14-15-24-25(16-23)33(22-8-5-9-22)27(26(24)28-18(2)17-30-36-28)19-10-12-21(13-11-19)32-29(34)31-20-6-4-7-20/h10-13,15-17,20,22-23H,3-9,14H2,1-2H3,(H2,31,32,34). The van der Waals surface area contributed by atoms with Gasteiger partial charge in [0.1, 0.15) is 0 Å². The highest BCUT2D eigenvalue weighted by molar-refractivity contribution is 5.90. The first-order valence-electron chi connectivity index (χ1n) is 13.3. The topological polar surface area (TPSA) is 81.3 Å². The number of hydrogen-bond acceptors (Lipinski definition) is 4. The van der Waals surface area contributed by atoms with Crippen LogP contribution in [0.2, 0.25) is 0 Å². The highest BCUT2D eigenvalue weighted by atomic mass is 16.5. The van der Waals surface area contributed by atoms with Crippen molar-refractivity contribution in [2.45, 2.75) is 77.0 Å².